The van der Waals surface area contributed by atoms with Crippen molar-refractivity contribution in [2.45, 2.75) is 38.1 Å². The van der Waals surface area contributed by atoms with E-state index < -0.39 is 6.04 Å². The number of hydrogen-bond acceptors (Lipinski definition) is 3. The molecule has 1 saturated heterocycles. The van der Waals surface area contributed by atoms with E-state index in [0.717, 1.165) is 12.8 Å². The van der Waals surface area contributed by atoms with Crippen molar-refractivity contribution in [1.29, 1.82) is 0 Å². The third-order valence-corrected chi connectivity index (χ3v) is 4.34. The summed E-state index contributed by atoms with van der Waals surface area (Å²) in [5, 5.41) is 3.01. The molecule has 2 rings (SSSR count). The predicted molar refractivity (Wildman–Crippen MR) is 84.0 cm³/mol. The van der Waals surface area contributed by atoms with Crippen molar-refractivity contribution in [2.24, 2.45) is 11.7 Å². The van der Waals surface area contributed by atoms with Gasteiger partial charge in [-0.05, 0) is 24.3 Å². The third kappa shape index (κ3) is 4.29. The first-order chi connectivity index (χ1) is 10.0. The van der Waals surface area contributed by atoms with Crippen molar-refractivity contribution in [3.8, 4) is 0 Å². The second-order valence-corrected chi connectivity index (χ2v) is 6.44. The predicted octanol–water partition coefficient (Wildman–Crippen LogP) is 1.83. The number of rotatable bonds is 5. The van der Waals surface area contributed by atoms with E-state index in [9.17, 15) is 4.79 Å². The van der Waals surface area contributed by atoms with Gasteiger partial charge >= 0.3 is 0 Å². The fraction of sp³-hybridized carbons (Fsp3) is 0.588. The van der Waals surface area contributed by atoms with Crippen LogP contribution in [-0.4, -0.2) is 31.7 Å². The maximum atomic E-state index is 12.2. The third-order valence-electron chi connectivity index (χ3n) is 4.34. The van der Waals surface area contributed by atoms with E-state index in [4.69, 9.17) is 10.5 Å². The second kappa shape index (κ2) is 7.05. The Hall–Kier alpha value is -1.39. The summed E-state index contributed by atoms with van der Waals surface area (Å²) in [6, 6.07) is 9.79. The van der Waals surface area contributed by atoms with Crippen molar-refractivity contribution >= 4 is 5.91 Å². The number of carbonyl (C=O) groups is 1. The maximum absolute atomic E-state index is 12.2. The zero-order valence-corrected chi connectivity index (χ0v) is 13.0. The molecule has 1 unspecified atom stereocenters. The summed E-state index contributed by atoms with van der Waals surface area (Å²) in [6.07, 6.45) is 1.74. The van der Waals surface area contributed by atoms with Crippen molar-refractivity contribution in [1.82, 2.24) is 5.32 Å². The number of amides is 1. The molecule has 1 amide bonds. The number of carbonyl (C=O) groups excluding carboxylic acids is 1. The SMILES string of the molecule is CC(C)(CNC(=O)C(N)C1CCOCC1)c1ccccc1. The van der Waals surface area contributed by atoms with Crippen LogP contribution in [0.3, 0.4) is 0 Å². The lowest BCUT2D eigenvalue weighted by molar-refractivity contribution is -0.124. The summed E-state index contributed by atoms with van der Waals surface area (Å²) in [5.41, 5.74) is 7.20. The van der Waals surface area contributed by atoms with Crippen molar-refractivity contribution in [3.63, 3.8) is 0 Å². The van der Waals surface area contributed by atoms with Crippen LogP contribution in [0.2, 0.25) is 0 Å². The standard InChI is InChI=1S/C17H26N2O2/c1-17(2,14-6-4-3-5-7-14)12-19-16(20)15(18)13-8-10-21-11-9-13/h3-7,13,15H,8-12,18H2,1-2H3,(H,19,20). The average molecular weight is 290 g/mol. The highest BCUT2D eigenvalue weighted by Crippen LogP contribution is 2.22. The molecule has 0 saturated carbocycles. The van der Waals surface area contributed by atoms with E-state index in [1.807, 2.05) is 18.2 Å². The summed E-state index contributed by atoms with van der Waals surface area (Å²) in [7, 11) is 0. The topological polar surface area (TPSA) is 64.4 Å². The van der Waals surface area contributed by atoms with Crippen LogP contribution in [0.5, 0.6) is 0 Å². The molecule has 1 atom stereocenters. The van der Waals surface area contributed by atoms with Crippen LogP contribution in [0.1, 0.15) is 32.3 Å². The van der Waals surface area contributed by atoms with Gasteiger partial charge in [0, 0.05) is 25.2 Å². The van der Waals surface area contributed by atoms with Gasteiger partial charge in [-0.25, -0.2) is 0 Å². The maximum Gasteiger partial charge on any atom is 0.237 e. The quantitative estimate of drug-likeness (QED) is 0.869. The first kappa shape index (κ1) is 16.0. The molecule has 0 aliphatic carbocycles. The molecule has 0 aromatic heterocycles. The van der Waals surface area contributed by atoms with Gasteiger partial charge in [-0.2, -0.15) is 0 Å². The number of nitrogens with two attached hydrogens (primary N) is 1. The molecular weight excluding hydrogens is 264 g/mol. The van der Waals surface area contributed by atoms with Crippen LogP contribution in [0.15, 0.2) is 30.3 Å². The molecule has 0 radical (unpaired) electrons. The monoisotopic (exact) mass is 290 g/mol. The van der Waals surface area contributed by atoms with Gasteiger partial charge in [-0.15, -0.1) is 0 Å². The van der Waals surface area contributed by atoms with Crippen LogP contribution in [0, 0.1) is 5.92 Å². The van der Waals surface area contributed by atoms with E-state index in [0.29, 0.717) is 19.8 Å². The van der Waals surface area contributed by atoms with Crippen LogP contribution in [0.4, 0.5) is 0 Å². The van der Waals surface area contributed by atoms with Gasteiger partial charge in [0.2, 0.25) is 5.91 Å². The lowest BCUT2D eigenvalue weighted by Gasteiger charge is -2.29. The molecule has 4 nitrogen and oxygen atoms in total. The van der Waals surface area contributed by atoms with Gasteiger partial charge < -0.3 is 15.8 Å². The zero-order chi connectivity index (χ0) is 15.3. The fourth-order valence-electron chi connectivity index (χ4n) is 2.71. The van der Waals surface area contributed by atoms with Crippen molar-refractivity contribution in [2.75, 3.05) is 19.8 Å². The summed E-state index contributed by atoms with van der Waals surface area (Å²) in [6.45, 7) is 6.26. The van der Waals surface area contributed by atoms with E-state index in [2.05, 4.69) is 31.3 Å². The molecule has 1 aliphatic heterocycles. The van der Waals surface area contributed by atoms with E-state index in [1.165, 1.54) is 5.56 Å². The van der Waals surface area contributed by atoms with E-state index in [1.54, 1.807) is 0 Å². The normalized spacial score (nSPS) is 18.2. The number of ether oxygens (including phenoxy) is 1. The molecule has 4 heteroatoms. The van der Waals surface area contributed by atoms with Gasteiger partial charge in [0.15, 0.2) is 0 Å². The summed E-state index contributed by atoms with van der Waals surface area (Å²) in [5.74, 6) is 0.185. The van der Waals surface area contributed by atoms with Crippen LogP contribution in [0.25, 0.3) is 0 Å². The number of benzene rings is 1. The van der Waals surface area contributed by atoms with Crippen LogP contribution >= 0.6 is 0 Å². The summed E-state index contributed by atoms with van der Waals surface area (Å²) >= 11 is 0. The highest BCUT2D eigenvalue weighted by molar-refractivity contribution is 5.81. The Morgan fingerprint density at radius 1 is 1.33 bits per heavy atom. The Bertz CT molecular complexity index is 453. The van der Waals surface area contributed by atoms with Gasteiger partial charge in [-0.1, -0.05) is 44.2 Å². The molecule has 1 aliphatic rings. The average Bonchev–Trinajstić information content (AvgIpc) is 2.53. The minimum atomic E-state index is -0.430. The molecule has 1 aromatic carbocycles. The Morgan fingerprint density at radius 2 is 1.95 bits per heavy atom. The highest BCUT2D eigenvalue weighted by Gasteiger charge is 2.28. The molecular formula is C17H26N2O2. The van der Waals surface area contributed by atoms with Crippen LogP contribution < -0.4 is 11.1 Å². The molecule has 3 N–H and O–H groups in total. The Morgan fingerprint density at radius 3 is 2.57 bits per heavy atom. The minimum absolute atomic E-state index is 0.0501. The first-order valence-corrected chi connectivity index (χ1v) is 7.67. The highest BCUT2D eigenvalue weighted by atomic mass is 16.5. The van der Waals surface area contributed by atoms with Crippen molar-refractivity contribution in [3.05, 3.63) is 35.9 Å². The lowest BCUT2D eigenvalue weighted by atomic mass is 9.84. The Labute approximate surface area is 127 Å². The van der Waals surface area contributed by atoms with Crippen molar-refractivity contribution < 1.29 is 9.53 Å². The zero-order valence-electron chi connectivity index (χ0n) is 13.0. The fourth-order valence-corrected chi connectivity index (χ4v) is 2.71. The number of hydrogen-bond donors (Lipinski definition) is 2. The molecule has 0 spiro atoms. The second-order valence-electron chi connectivity index (χ2n) is 6.44. The molecule has 1 heterocycles. The molecule has 1 aromatic rings. The minimum Gasteiger partial charge on any atom is -0.381 e. The Kier molecular flexibility index (Phi) is 5.37. The van der Waals surface area contributed by atoms with Gasteiger partial charge in [0.25, 0.3) is 0 Å². The van der Waals surface area contributed by atoms with Gasteiger partial charge in [0.05, 0.1) is 6.04 Å². The van der Waals surface area contributed by atoms with E-state index in [-0.39, 0.29) is 17.2 Å². The van der Waals surface area contributed by atoms with Crippen LogP contribution in [-0.2, 0) is 14.9 Å². The lowest BCUT2D eigenvalue weighted by Crippen LogP contribution is -2.49. The summed E-state index contributed by atoms with van der Waals surface area (Å²) in [4.78, 5) is 12.2. The smallest absolute Gasteiger partial charge is 0.237 e. The molecule has 116 valence electrons. The Balaban J connectivity index is 1.88. The van der Waals surface area contributed by atoms with E-state index >= 15 is 0 Å². The first-order valence-electron chi connectivity index (χ1n) is 7.67. The van der Waals surface area contributed by atoms with Gasteiger partial charge in [-0.3, -0.25) is 4.79 Å². The molecule has 1 fully saturated rings. The largest absolute Gasteiger partial charge is 0.381 e. The molecule has 0 bridgehead atoms. The van der Waals surface area contributed by atoms with Gasteiger partial charge in [0.1, 0.15) is 0 Å². The summed E-state index contributed by atoms with van der Waals surface area (Å²) < 4.78 is 5.31. The molecule has 21 heavy (non-hydrogen) atoms. The number of nitrogens with one attached hydrogen (secondary N) is 1.